The molecule has 1 N–H and O–H groups in total. The predicted octanol–water partition coefficient (Wildman–Crippen LogP) is 8.73. The Hall–Kier alpha value is -3.67. The van der Waals surface area contributed by atoms with E-state index in [4.69, 9.17) is 9.16 Å². The van der Waals surface area contributed by atoms with Gasteiger partial charge in [-0.2, -0.15) is 0 Å². The van der Waals surface area contributed by atoms with Gasteiger partial charge in [0.1, 0.15) is 12.4 Å². The molecule has 45 heavy (non-hydrogen) atoms. The van der Waals surface area contributed by atoms with Gasteiger partial charge in [-0.1, -0.05) is 132 Å². The molecule has 0 fully saturated rings. The molecule has 4 nitrogen and oxygen atoms in total. The molecule has 0 heterocycles. The lowest BCUT2D eigenvalue weighted by Crippen LogP contribution is -2.67. The molecule has 0 aliphatic heterocycles. The molecule has 0 spiro atoms. The van der Waals surface area contributed by atoms with Crippen LogP contribution in [0.5, 0.6) is 5.75 Å². The van der Waals surface area contributed by atoms with Crippen molar-refractivity contribution in [3.8, 4) is 5.75 Å². The lowest BCUT2D eigenvalue weighted by Gasteiger charge is -2.44. The van der Waals surface area contributed by atoms with E-state index in [1.165, 1.54) is 21.5 Å². The number of carbonyl (C=O) groups excluding carboxylic acids is 1. The molecule has 0 bridgehead atoms. The molecule has 236 valence electrons. The summed E-state index contributed by atoms with van der Waals surface area (Å²) in [6.07, 6.45) is 2.15. The van der Waals surface area contributed by atoms with Crippen LogP contribution in [-0.4, -0.2) is 20.8 Å². The zero-order valence-corrected chi connectivity index (χ0v) is 29.0. The SMILES string of the molecule is CC(=O)Nc1c(C)cc2c(c1OCc1ccccc1)[C@@H](C)CC[C@@H]2[C@@H](C)CO[Si](c1ccccc1)(c1ccccc1)C(C)(C)C. The Morgan fingerprint density at radius 2 is 1.47 bits per heavy atom. The molecule has 0 radical (unpaired) electrons. The van der Waals surface area contributed by atoms with E-state index in [1.54, 1.807) is 6.92 Å². The summed E-state index contributed by atoms with van der Waals surface area (Å²) >= 11 is 0. The van der Waals surface area contributed by atoms with E-state index in [0.717, 1.165) is 35.4 Å². The molecule has 0 aromatic heterocycles. The number of anilines is 1. The fraction of sp³-hybridized carbons (Fsp3) is 0.375. The van der Waals surface area contributed by atoms with Gasteiger partial charge in [0.15, 0.2) is 0 Å². The van der Waals surface area contributed by atoms with Gasteiger partial charge in [0, 0.05) is 19.1 Å². The van der Waals surface area contributed by atoms with E-state index in [9.17, 15) is 4.79 Å². The highest BCUT2D eigenvalue weighted by atomic mass is 28.4. The second-order valence-electron chi connectivity index (χ2n) is 13.9. The van der Waals surface area contributed by atoms with Crippen molar-refractivity contribution in [2.75, 3.05) is 11.9 Å². The molecule has 4 aromatic carbocycles. The lowest BCUT2D eigenvalue weighted by molar-refractivity contribution is -0.114. The third kappa shape index (κ3) is 6.80. The highest BCUT2D eigenvalue weighted by Crippen LogP contribution is 2.50. The largest absolute Gasteiger partial charge is 0.486 e. The van der Waals surface area contributed by atoms with Gasteiger partial charge in [-0.05, 0) is 69.6 Å². The molecule has 5 heteroatoms. The van der Waals surface area contributed by atoms with Crippen molar-refractivity contribution in [3.05, 3.63) is 119 Å². The fourth-order valence-corrected chi connectivity index (χ4v) is 12.0. The van der Waals surface area contributed by atoms with Crippen LogP contribution in [0.25, 0.3) is 0 Å². The monoisotopic (exact) mass is 619 g/mol. The van der Waals surface area contributed by atoms with Gasteiger partial charge in [-0.15, -0.1) is 0 Å². The number of carbonyl (C=O) groups is 1. The van der Waals surface area contributed by atoms with Crippen LogP contribution in [0.4, 0.5) is 5.69 Å². The van der Waals surface area contributed by atoms with Crippen molar-refractivity contribution >= 4 is 30.3 Å². The average molecular weight is 620 g/mol. The second kappa shape index (κ2) is 13.8. The number of rotatable bonds is 10. The highest BCUT2D eigenvalue weighted by molar-refractivity contribution is 6.99. The van der Waals surface area contributed by atoms with Crippen molar-refractivity contribution in [1.82, 2.24) is 0 Å². The first-order valence-electron chi connectivity index (χ1n) is 16.4. The van der Waals surface area contributed by atoms with E-state index in [1.807, 2.05) is 18.2 Å². The molecule has 1 amide bonds. The van der Waals surface area contributed by atoms with Crippen molar-refractivity contribution < 1.29 is 14.0 Å². The summed E-state index contributed by atoms with van der Waals surface area (Å²) in [4.78, 5) is 12.3. The maximum Gasteiger partial charge on any atom is 0.261 e. The van der Waals surface area contributed by atoms with Crippen LogP contribution in [0.2, 0.25) is 5.04 Å². The van der Waals surface area contributed by atoms with Gasteiger partial charge in [0.05, 0.1) is 5.69 Å². The third-order valence-electron chi connectivity index (χ3n) is 9.55. The topological polar surface area (TPSA) is 47.6 Å². The molecule has 4 aromatic rings. The number of hydrogen-bond acceptors (Lipinski definition) is 3. The number of fused-ring (bicyclic) bond motifs is 1. The fourth-order valence-electron chi connectivity index (χ4n) is 7.31. The van der Waals surface area contributed by atoms with Crippen LogP contribution in [-0.2, 0) is 15.8 Å². The predicted molar refractivity (Wildman–Crippen MR) is 189 cm³/mol. The van der Waals surface area contributed by atoms with Crippen LogP contribution < -0.4 is 20.4 Å². The van der Waals surface area contributed by atoms with E-state index < -0.39 is 8.32 Å². The summed E-state index contributed by atoms with van der Waals surface area (Å²) in [6, 6.07) is 34.3. The molecule has 5 rings (SSSR count). The first-order chi connectivity index (χ1) is 21.5. The number of ether oxygens (including phenoxy) is 1. The standard InChI is InChI=1S/C40H49NO3Si/c1-28-23-24-35(36-25-29(2)38(41-31(4)42)39(37(28)36)43-27-32-17-11-8-12-18-32)30(3)26-44-45(40(5,6)7,33-19-13-9-14-20-33)34-21-15-10-16-22-34/h8-22,25,28,30,35H,23-24,26-27H2,1-7H3,(H,41,42)/t28-,30-,35+/m0/s1. The van der Waals surface area contributed by atoms with Crippen molar-refractivity contribution in [2.24, 2.45) is 5.92 Å². The number of benzene rings is 4. The molecule has 0 unspecified atom stereocenters. The van der Waals surface area contributed by atoms with Crippen LogP contribution >= 0.6 is 0 Å². The lowest BCUT2D eigenvalue weighted by atomic mass is 9.71. The summed E-state index contributed by atoms with van der Waals surface area (Å²) in [5, 5.41) is 5.65. The summed E-state index contributed by atoms with van der Waals surface area (Å²) in [5.74, 6) is 1.65. The Balaban J connectivity index is 1.53. The van der Waals surface area contributed by atoms with Crippen molar-refractivity contribution in [3.63, 3.8) is 0 Å². The van der Waals surface area contributed by atoms with Crippen LogP contribution in [0.15, 0.2) is 97.1 Å². The third-order valence-corrected chi connectivity index (χ3v) is 14.6. The summed E-state index contributed by atoms with van der Waals surface area (Å²) < 4.78 is 14.1. The number of nitrogens with one attached hydrogen (secondary N) is 1. The van der Waals surface area contributed by atoms with E-state index in [0.29, 0.717) is 25.0 Å². The minimum Gasteiger partial charge on any atom is -0.486 e. The smallest absolute Gasteiger partial charge is 0.261 e. The number of hydrogen-bond donors (Lipinski definition) is 1. The zero-order chi connectivity index (χ0) is 32.2. The van der Waals surface area contributed by atoms with Gasteiger partial charge >= 0.3 is 0 Å². The molecular formula is C40H49NO3Si. The van der Waals surface area contributed by atoms with Crippen molar-refractivity contribution in [1.29, 1.82) is 0 Å². The zero-order valence-electron chi connectivity index (χ0n) is 28.0. The Labute approximate surface area is 271 Å². The van der Waals surface area contributed by atoms with Gasteiger partial charge < -0.3 is 14.5 Å². The molecule has 1 aliphatic rings. The average Bonchev–Trinajstić information content (AvgIpc) is 3.02. The molecule has 0 saturated carbocycles. The molecule has 0 saturated heterocycles. The number of amides is 1. The Morgan fingerprint density at radius 1 is 0.911 bits per heavy atom. The van der Waals surface area contributed by atoms with Gasteiger partial charge in [-0.3, -0.25) is 4.79 Å². The summed E-state index contributed by atoms with van der Waals surface area (Å²) in [5.41, 5.74) is 5.50. The number of aryl methyl sites for hydroxylation is 1. The molecule has 3 atom stereocenters. The summed E-state index contributed by atoms with van der Waals surface area (Å²) in [6.45, 7) is 16.4. The summed E-state index contributed by atoms with van der Waals surface area (Å²) in [7, 11) is -2.65. The van der Waals surface area contributed by atoms with Crippen LogP contribution in [0.1, 0.15) is 88.5 Å². The molecule has 1 aliphatic carbocycles. The minimum atomic E-state index is -2.65. The van der Waals surface area contributed by atoms with Crippen LogP contribution in [0, 0.1) is 12.8 Å². The van der Waals surface area contributed by atoms with E-state index in [-0.39, 0.29) is 16.9 Å². The van der Waals surface area contributed by atoms with E-state index >= 15 is 0 Å². The van der Waals surface area contributed by atoms with Gasteiger partial charge in [0.25, 0.3) is 8.32 Å². The second-order valence-corrected chi connectivity index (χ2v) is 18.2. The first kappa shape index (κ1) is 32.7. The van der Waals surface area contributed by atoms with Gasteiger partial charge in [0.2, 0.25) is 5.91 Å². The maximum atomic E-state index is 12.3. The normalized spacial score (nSPS) is 17.3. The quantitative estimate of drug-likeness (QED) is 0.181. The van der Waals surface area contributed by atoms with Crippen molar-refractivity contribution in [2.45, 2.75) is 84.8 Å². The minimum absolute atomic E-state index is 0.0727. The van der Waals surface area contributed by atoms with E-state index in [2.05, 4.69) is 126 Å². The maximum absolute atomic E-state index is 12.3. The van der Waals surface area contributed by atoms with Gasteiger partial charge in [-0.25, -0.2) is 0 Å². The first-order valence-corrected chi connectivity index (χ1v) is 18.3. The Kier molecular flexibility index (Phi) is 10.0. The Bertz CT molecular complexity index is 1540. The molecular weight excluding hydrogens is 571 g/mol. The Morgan fingerprint density at radius 3 is 2.00 bits per heavy atom. The highest BCUT2D eigenvalue weighted by Gasteiger charge is 2.50. The van der Waals surface area contributed by atoms with Crippen LogP contribution in [0.3, 0.4) is 0 Å².